The molecule has 0 aromatic rings. The Labute approximate surface area is 135 Å². The van der Waals surface area contributed by atoms with Crippen molar-refractivity contribution in [2.75, 3.05) is 14.2 Å². The first-order valence-corrected chi connectivity index (χ1v) is 8.45. The fourth-order valence-electron chi connectivity index (χ4n) is 2.31. The normalized spacial score (nSPS) is 12.3. The van der Waals surface area contributed by atoms with Crippen LogP contribution >= 0.6 is 0 Å². The fourth-order valence-corrected chi connectivity index (χ4v) is 2.31. The molecule has 22 heavy (non-hydrogen) atoms. The maximum atomic E-state index is 11.6. The minimum absolute atomic E-state index is 0.0743. The van der Waals surface area contributed by atoms with Crippen molar-refractivity contribution in [3.63, 3.8) is 0 Å². The van der Waals surface area contributed by atoms with Crippen LogP contribution < -0.4 is 0 Å². The van der Waals surface area contributed by atoms with Gasteiger partial charge in [0.05, 0.1) is 26.6 Å². The Hall–Kier alpha value is -1.32. The molecular formula is C18H32O4. The van der Waals surface area contributed by atoms with E-state index in [-0.39, 0.29) is 18.4 Å². The zero-order chi connectivity index (χ0) is 16.6. The van der Waals surface area contributed by atoms with Crippen molar-refractivity contribution < 1.29 is 19.1 Å². The number of esters is 2. The SMILES string of the molecule is CCCCCCCCC/C=C/C[C@H](CC(=O)OC)C(=O)OC. The molecule has 0 rings (SSSR count). The molecule has 0 N–H and O–H groups in total. The molecule has 0 aliphatic heterocycles. The van der Waals surface area contributed by atoms with E-state index in [0.717, 1.165) is 6.42 Å². The lowest BCUT2D eigenvalue weighted by atomic mass is 10.0. The van der Waals surface area contributed by atoms with Crippen LogP contribution in [0.5, 0.6) is 0 Å². The maximum Gasteiger partial charge on any atom is 0.309 e. The van der Waals surface area contributed by atoms with Crippen molar-refractivity contribution in [1.29, 1.82) is 0 Å². The van der Waals surface area contributed by atoms with Crippen LogP contribution in [-0.2, 0) is 19.1 Å². The van der Waals surface area contributed by atoms with Gasteiger partial charge in [-0.3, -0.25) is 9.59 Å². The van der Waals surface area contributed by atoms with Gasteiger partial charge in [-0.05, 0) is 19.3 Å². The number of rotatable bonds is 13. The second kappa shape index (κ2) is 14.6. The first-order chi connectivity index (χ1) is 10.7. The first-order valence-electron chi connectivity index (χ1n) is 8.45. The molecule has 0 saturated carbocycles. The number of allylic oxidation sites excluding steroid dienone is 2. The Morgan fingerprint density at radius 1 is 0.909 bits per heavy atom. The molecule has 0 aromatic heterocycles. The number of carbonyl (C=O) groups excluding carboxylic acids is 2. The molecule has 0 heterocycles. The molecular weight excluding hydrogens is 280 g/mol. The zero-order valence-corrected chi connectivity index (χ0v) is 14.4. The van der Waals surface area contributed by atoms with Crippen LogP contribution in [0.3, 0.4) is 0 Å². The van der Waals surface area contributed by atoms with Crippen molar-refractivity contribution in [1.82, 2.24) is 0 Å². The average Bonchev–Trinajstić information content (AvgIpc) is 2.54. The standard InChI is InChI=1S/C18H32O4/c1-4-5-6-7-8-9-10-11-12-13-14-16(18(20)22-3)15-17(19)21-2/h12-13,16H,4-11,14-15H2,1-3H3/b13-12+/t16-/m1/s1. The predicted octanol–water partition coefficient (Wildman–Crippen LogP) is 4.43. The number of unbranched alkanes of at least 4 members (excludes halogenated alkanes) is 7. The largest absolute Gasteiger partial charge is 0.469 e. The third-order valence-corrected chi connectivity index (χ3v) is 3.74. The molecule has 0 radical (unpaired) electrons. The highest BCUT2D eigenvalue weighted by Gasteiger charge is 2.21. The summed E-state index contributed by atoms with van der Waals surface area (Å²) >= 11 is 0. The summed E-state index contributed by atoms with van der Waals surface area (Å²) < 4.78 is 9.32. The highest BCUT2D eigenvalue weighted by molar-refractivity contribution is 5.79. The maximum absolute atomic E-state index is 11.6. The Kier molecular flexibility index (Phi) is 13.7. The van der Waals surface area contributed by atoms with E-state index in [1.807, 2.05) is 6.08 Å². The van der Waals surface area contributed by atoms with Crippen LogP contribution in [0.4, 0.5) is 0 Å². The molecule has 0 aliphatic carbocycles. The zero-order valence-electron chi connectivity index (χ0n) is 14.4. The topological polar surface area (TPSA) is 52.6 Å². The van der Waals surface area contributed by atoms with Gasteiger partial charge in [-0.1, -0.05) is 57.6 Å². The second-order valence-corrected chi connectivity index (χ2v) is 5.62. The third-order valence-electron chi connectivity index (χ3n) is 3.74. The summed E-state index contributed by atoms with van der Waals surface area (Å²) in [5, 5.41) is 0. The fraction of sp³-hybridized carbons (Fsp3) is 0.778. The summed E-state index contributed by atoms with van der Waals surface area (Å²) in [5.74, 6) is -1.18. The highest BCUT2D eigenvalue weighted by Crippen LogP contribution is 2.14. The van der Waals surface area contributed by atoms with E-state index in [2.05, 4.69) is 17.7 Å². The van der Waals surface area contributed by atoms with Crippen molar-refractivity contribution in [2.45, 2.75) is 71.1 Å². The minimum Gasteiger partial charge on any atom is -0.469 e. The summed E-state index contributed by atoms with van der Waals surface area (Å²) in [5.41, 5.74) is 0. The molecule has 0 saturated heterocycles. The number of hydrogen-bond acceptors (Lipinski definition) is 4. The van der Waals surface area contributed by atoms with Crippen molar-refractivity contribution in [3.8, 4) is 0 Å². The lowest BCUT2D eigenvalue weighted by Gasteiger charge is -2.10. The van der Waals surface area contributed by atoms with E-state index in [9.17, 15) is 9.59 Å². The van der Waals surface area contributed by atoms with Gasteiger partial charge in [0.25, 0.3) is 0 Å². The monoisotopic (exact) mass is 312 g/mol. The molecule has 0 unspecified atom stereocenters. The van der Waals surface area contributed by atoms with Crippen LogP contribution in [0.2, 0.25) is 0 Å². The summed E-state index contributed by atoms with van der Waals surface area (Å²) in [7, 11) is 2.67. The predicted molar refractivity (Wildman–Crippen MR) is 88.5 cm³/mol. The quantitative estimate of drug-likeness (QED) is 0.287. The van der Waals surface area contributed by atoms with Crippen molar-refractivity contribution in [3.05, 3.63) is 12.2 Å². The van der Waals surface area contributed by atoms with Gasteiger partial charge in [0.2, 0.25) is 0 Å². The van der Waals surface area contributed by atoms with E-state index < -0.39 is 5.92 Å². The van der Waals surface area contributed by atoms with Crippen molar-refractivity contribution >= 4 is 11.9 Å². The van der Waals surface area contributed by atoms with Gasteiger partial charge in [-0.2, -0.15) is 0 Å². The van der Waals surface area contributed by atoms with Gasteiger partial charge in [0, 0.05) is 0 Å². The lowest BCUT2D eigenvalue weighted by Crippen LogP contribution is -2.20. The van der Waals surface area contributed by atoms with Crippen LogP contribution in [-0.4, -0.2) is 26.2 Å². The summed E-state index contributed by atoms with van der Waals surface area (Å²) in [6.07, 6.45) is 14.8. The molecule has 1 atom stereocenters. The van der Waals surface area contributed by atoms with E-state index in [4.69, 9.17) is 4.74 Å². The highest BCUT2D eigenvalue weighted by atomic mass is 16.5. The molecule has 0 amide bonds. The first kappa shape index (κ1) is 20.7. The van der Waals surface area contributed by atoms with E-state index in [0.29, 0.717) is 6.42 Å². The average molecular weight is 312 g/mol. The minimum atomic E-state index is -0.442. The Morgan fingerprint density at radius 2 is 1.55 bits per heavy atom. The summed E-state index contributed by atoms with van der Waals surface area (Å²) in [6.45, 7) is 2.23. The summed E-state index contributed by atoms with van der Waals surface area (Å²) in [4.78, 5) is 22.9. The van der Waals surface area contributed by atoms with Crippen molar-refractivity contribution in [2.24, 2.45) is 5.92 Å². The summed E-state index contributed by atoms with van der Waals surface area (Å²) in [6, 6.07) is 0. The molecule has 4 heteroatoms. The van der Waals surface area contributed by atoms with Gasteiger partial charge in [0.1, 0.15) is 0 Å². The smallest absolute Gasteiger partial charge is 0.309 e. The van der Waals surface area contributed by atoms with E-state index in [1.165, 1.54) is 59.2 Å². The van der Waals surface area contributed by atoms with Crippen LogP contribution in [0.25, 0.3) is 0 Å². The van der Waals surface area contributed by atoms with Crippen LogP contribution in [0.1, 0.15) is 71.1 Å². The van der Waals surface area contributed by atoms with Gasteiger partial charge >= 0.3 is 11.9 Å². The lowest BCUT2D eigenvalue weighted by molar-refractivity contribution is -0.151. The number of methoxy groups -OCH3 is 2. The molecule has 0 fully saturated rings. The molecule has 0 aliphatic rings. The van der Waals surface area contributed by atoms with Crippen LogP contribution in [0.15, 0.2) is 12.2 Å². The van der Waals surface area contributed by atoms with Gasteiger partial charge in [-0.25, -0.2) is 0 Å². The second-order valence-electron chi connectivity index (χ2n) is 5.62. The van der Waals surface area contributed by atoms with Gasteiger partial charge < -0.3 is 9.47 Å². The third kappa shape index (κ3) is 11.4. The van der Waals surface area contributed by atoms with E-state index in [1.54, 1.807) is 0 Å². The number of hydrogen-bond donors (Lipinski definition) is 0. The Balaban J connectivity index is 3.81. The molecule has 0 spiro atoms. The number of carbonyl (C=O) groups is 2. The Bertz CT molecular complexity index is 323. The molecule has 0 bridgehead atoms. The Morgan fingerprint density at radius 3 is 2.14 bits per heavy atom. The number of ether oxygens (including phenoxy) is 2. The van der Waals surface area contributed by atoms with E-state index >= 15 is 0 Å². The van der Waals surface area contributed by atoms with Crippen LogP contribution in [0, 0.1) is 5.92 Å². The van der Waals surface area contributed by atoms with Gasteiger partial charge in [0.15, 0.2) is 0 Å². The molecule has 128 valence electrons. The molecule has 4 nitrogen and oxygen atoms in total. The molecule has 0 aromatic carbocycles. The van der Waals surface area contributed by atoms with Gasteiger partial charge in [-0.15, -0.1) is 0 Å².